The van der Waals surface area contributed by atoms with Crippen molar-refractivity contribution in [1.82, 2.24) is 4.98 Å². The van der Waals surface area contributed by atoms with Crippen molar-refractivity contribution in [1.29, 1.82) is 0 Å². The first-order chi connectivity index (χ1) is 27.7. The number of fused-ring (bicyclic) bond motifs is 14. The zero-order valence-corrected chi connectivity index (χ0v) is 31.0. The van der Waals surface area contributed by atoms with E-state index in [4.69, 9.17) is 4.98 Å². The van der Waals surface area contributed by atoms with E-state index in [1.165, 1.54) is 105 Å². The molecule has 0 aliphatic heterocycles. The van der Waals surface area contributed by atoms with E-state index in [0.29, 0.717) is 0 Å². The molecule has 4 aliphatic rings. The first-order valence-electron chi connectivity index (χ1n) is 20.1. The van der Waals surface area contributed by atoms with Gasteiger partial charge in [-0.1, -0.05) is 152 Å². The fraction of sp³-hybridized carbons (Fsp3) is 0.109. The first kappa shape index (κ1) is 30.7. The van der Waals surface area contributed by atoms with Crippen molar-refractivity contribution in [3.05, 3.63) is 221 Å². The van der Waals surface area contributed by atoms with E-state index in [9.17, 15) is 0 Å². The minimum absolute atomic E-state index is 0.0622. The lowest BCUT2D eigenvalue weighted by atomic mass is 9.74. The molecule has 1 aromatic heterocycles. The summed E-state index contributed by atoms with van der Waals surface area (Å²) < 4.78 is 0. The van der Waals surface area contributed by atoms with Gasteiger partial charge in [0, 0.05) is 28.0 Å². The van der Waals surface area contributed by atoms with Gasteiger partial charge in [0.2, 0.25) is 0 Å². The molecule has 1 heterocycles. The summed E-state index contributed by atoms with van der Waals surface area (Å²) in [5.41, 5.74) is 23.2. The second-order valence-corrected chi connectivity index (χ2v) is 16.7. The van der Waals surface area contributed by atoms with Crippen molar-refractivity contribution >= 4 is 21.7 Å². The Morgan fingerprint density at radius 1 is 0.339 bits per heavy atom. The second kappa shape index (κ2) is 11.0. The van der Waals surface area contributed by atoms with Crippen LogP contribution in [0.4, 0.5) is 0 Å². The third kappa shape index (κ3) is 3.92. The maximum Gasteiger partial charge on any atom is 0.0792 e. The van der Waals surface area contributed by atoms with Gasteiger partial charge in [-0.3, -0.25) is 4.98 Å². The van der Waals surface area contributed by atoms with Gasteiger partial charge in [0.15, 0.2) is 0 Å². The molecule has 1 nitrogen and oxygen atoms in total. The minimum Gasteiger partial charge on any atom is -0.256 e. The summed E-state index contributed by atoms with van der Waals surface area (Å²) in [6.07, 6.45) is 6.11. The topological polar surface area (TPSA) is 12.9 Å². The molecule has 4 aliphatic carbocycles. The number of nitrogens with zero attached hydrogens (tertiary/aromatic N) is 1. The Kier molecular flexibility index (Phi) is 6.05. The van der Waals surface area contributed by atoms with E-state index in [1.807, 2.05) is 6.20 Å². The second-order valence-electron chi connectivity index (χ2n) is 16.7. The van der Waals surface area contributed by atoms with Crippen molar-refractivity contribution in [3.63, 3.8) is 0 Å². The van der Waals surface area contributed by atoms with Gasteiger partial charge >= 0.3 is 0 Å². The van der Waals surface area contributed by atoms with Crippen LogP contribution in [0.3, 0.4) is 0 Å². The molecule has 0 atom stereocenters. The lowest BCUT2D eigenvalue weighted by Gasteiger charge is -2.28. The molecule has 262 valence electrons. The molecule has 0 saturated heterocycles. The summed E-state index contributed by atoms with van der Waals surface area (Å²) in [5.74, 6) is 0. The van der Waals surface area contributed by atoms with Crippen LogP contribution < -0.4 is 0 Å². The smallest absolute Gasteiger partial charge is 0.0792 e. The Labute approximate surface area is 327 Å². The molecule has 2 spiro atoms. The highest BCUT2D eigenvalue weighted by atomic mass is 14.7. The first-order valence-corrected chi connectivity index (χ1v) is 20.1. The Bertz CT molecular complexity index is 2840. The van der Waals surface area contributed by atoms with Gasteiger partial charge in [-0.25, -0.2) is 0 Å². The minimum atomic E-state index is -0.0670. The van der Waals surface area contributed by atoms with E-state index in [0.717, 1.165) is 31.2 Å². The summed E-state index contributed by atoms with van der Waals surface area (Å²) in [6.45, 7) is 0. The third-order valence-corrected chi connectivity index (χ3v) is 14.1. The molecule has 13 rings (SSSR count). The van der Waals surface area contributed by atoms with Crippen LogP contribution in [0, 0.1) is 0 Å². The van der Waals surface area contributed by atoms with Crippen LogP contribution in [0.25, 0.3) is 66.2 Å². The number of aromatic nitrogens is 1. The molecule has 8 aromatic carbocycles. The predicted octanol–water partition coefficient (Wildman–Crippen LogP) is 12.9. The van der Waals surface area contributed by atoms with Crippen LogP contribution in [0.1, 0.15) is 44.5 Å². The van der Waals surface area contributed by atoms with E-state index in [1.54, 1.807) is 0 Å². The Morgan fingerprint density at radius 3 is 1.29 bits per heavy atom. The standard InChI is InChI=1S/C55H37N/c1-2-13-37-31-54(30-36(37)12-1)47-21-9-7-16-40(47)42-25-23-34(28-49(42)54)51-44-18-5-6-19-45(44)52(53-46(51)20-11-27-56-53)35-24-26-43-41-17-8-10-22-48(41)55(50(43)29-35)32-38-14-3-4-15-39(38)33-55/h1-29H,30-33H2. The Morgan fingerprint density at radius 2 is 0.750 bits per heavy atom. The average molecular weight is 712 g/mol. The van der Waals surface area contributed by atoms with Crippen LogP contribution in [0.2, 0.25) is 0 Å². The van der Waals surface area contributed by atoms with Gasteiger partial charge in [-0.2, -0.15) is 0 Å². The van der Waals surface area contributed by atoms with Gasteiger partial charge in [0.1, 0.15) is 0 Å². The average Bonchev–Trinajstić information content (AvgIpc) is 3.99. The van der Waals surface area contributed by atoms with Crippen molar-refractivity contribution in [2.24, 2.45) is 0 Å². The molecule has 0 radical (unpaired) electrons. The number of hydrogen-bond acceptors (Lipinski definition) is 1. The Balaban J connectivity index is 1.03. The molecule has 9 aromatic rings. The predicted molar refractivity (Wildman–Crippen MR) is 230 cm³/mol. The molecule has 0 amide bonds. The van der Waals surface area contributed by atoms with Gasteiger partial charge < -0.3 is 0 Å². The SMILES string of the molecule is c1ccc2c(c1)CC1(C2)c2ccccc2-c2ccc(-c3c4ccccc4c(-c4ccc5c(c4)C4(Cc6ccccc6C4)c4ccccc4-5)c4ncccc34)cc21. The van der Waals surface area contributed by atoms with Gasteiger partial charge in [0.05, 0.1) is 5.52 Å². The van der Waals surface area contributed by atoms with Crippen molar-refractivity contribution in [2.45, 2.75) is 36.5 Å². The molecule has 0 N–H and O–H groups in total. The molecule has 0 fully saturated rings. The van der Waals surface area contributed by atoms with Crippen LogP contribution in [0.15, 0.2) is 176 Å². The molecule has 1 heteroatoms. The highest BCUT2D eigenvalue weighted by molar-refractivity contribution is 6.20. The zero-order chi connectivity index (χ0) is 36.6. The van der Waals surface area contributed by atoms with Crippen LogP contribution in [-0.4, -0.2) is 4.98 Å². The van der Waals surface area contributed by atoms with Crippen LogP contribution in [-0.2, 0) is 36.5 Å². The van der Waals surface area contributed by atoms with Crippen molar-refractivity contribution < 1.29 is 0 Å². The lowest BCUT2D eigenvalue weighted by molar-refractivity contribution is 0.563. The molecule has 0 saturated carbocycles. The quantitative estimate of drug-likeness (QED) is 0.163. The number of pyridine rings is 1. The summed E-state index contributed by atoms with van der Waals surface area (Å²) >= 11 is 0. The maximum atomic E-state index is 5.25. The van der Waals surface area contributed by atoms with E-state index in [2.05, 4.69) is 170 Å². The van der Waals surface area contributed by atoms with Crippen molar-refractivity contribution in [2.75, 3.05) is 0 Å². The molecular formula is C55H37N. The lowest BCUT2D eigenvalue weighted by Crippen LogP contribution is -2.25. The molecular weight excluding hydrogens is 675 g/mol. The molecule has 0 unspecified atom stereocenters. The van der Waals surface area contributed by atoms with E-state index >= 15 is 0 Å². The van der Waals surface area contributed by atoms with Gasteiger partial charge in [-0.05, 0) is 138 Å². The normalized spacial score (nSPS) is 15.9. The fourth-order valence-electron chi connectivity index (χ4n) is 11.8. The largest absolute Gasteiger partial charge is 0.256 e. The summed E-state index contributed by atoms with van der Waals surface area (Å²) in [7, 11) is 0. The van der Waals surface area contributed by atoms with Gasteiger partial charge in [0.25, 0.3) is 0 Å². The zero-order valence-electron chi connectivity index (χ0n) is 31.0. The van der Waals surface area contributed by atoms with Gasteiger partial charge in [-0.15, -0.1) is 0 Å². The van der Waals surface area contributed by atoms with Crippen LogP contribution in [0.5, 0.6) is 0 Å². The number of rotatable bonds is 2. The third-order valence-electron chi connectivity index (χ3n) is 14.1. The molecule has 0 bridgehead atoms. The summed E-state index contributed by atoms with van der Waals surface area (Å²) in [5, 5.41) is 3.72. The fourth-order valence-corrected chi connectivity index (χ4v) is 11.8. The monoisotopic (exact) mass is 711 g/mol. The number of hydrogen-bond donors (Lipinski definition) is 0. The summed E-state index contributed by atoms with van der Waals surface area (Å²) in [6, 6.07) is 64.6. The molecule has 56 heavy (non-hydrogen) atoms. The highest BCUT2D eigenvalue weighted by Gasteiger charge is 2.48. The van der Waals surface area contributed by atoms with E-state index < -0.39 is 0 Å². The highest BCUT2D eigenvalue weighted by Crippen LogP contribution is 2.58. The van der Waals surface area contributed by atoms with E-state index in [-0.39, 0.29) is 10.8 Å². The number of benzene rings is 8. The van der Waals surface area contributed by atoms with Crippen LogP contribution >= 0.6 is 0 Å². The summed E-state index contributed by atoms with van der Waals surface area (Å²) in [4.78, 5) is 5.25. The Hall–Kier alpha value is -6.57. The maximum absolute atomic E-state index is 5.25. The van der Waals surface area contributed by atoms with Crippen molar-refractivity contribution in [3.8, 4) is 44.5 Å².